The van der Waals surface area contributed by atoms with Gasteiger partial charge in [-0.2, -0.15) is 0 Å². The molecule has 1 saturated heterocycles. The minimum absolute atomic E-state index is 0.663. The van der Waals surface area contributed by atoms with Crippen LogP contribution in [-0.2, 0) is 6.54 Å². The van der Waals surface area contributed by atoms with Crippen LogP contribution in [0.5, 0.6) is 0 Å². The normalized spacial score (nSPS) is 28.6. The van der Waals surface area contributed by atoms with E-state index in [1.54, 1.807) is 0 Å². The van der Waals surface area contributed by atoms with Crippen LogP contribution in [0.2, 0.25) is 0 Å². The molecule has 0 bridgehead atoms. The van der Waals surface area contributed by atoms with Crippen LogP contribution in [0.15, 0.2) is 30.3 Å². The molecule has 3 rings (SSSR count). The molecule has 2 unspecified atom stereocenters. The predicted molar refractivity (Wildman–Crippen MR) is 89.3 cm³/mol. The highest BCUT2D eigenvalue weighted by Crippen LogP contribution is 2.27. The van der Waals surface area contributed by atoms with Crippen LogP contribution >= 0.6 is 0 Å². The number of nitrogens with zero attached hydrogens (tertiary/aromatic N) is 1. The molecule has 2 heteroatoms. The molecule has 1 aliphatic carbocycles. The van der Waals surface area contributed by atoms with Crippen LogP contribution in [0.25, 0.3) is 0 Å². The summed E-state index contributed by atoms with van der Waals surface area (Å²) < 4.78 is 0. The number of hydrogen-bond acceptors (Lipinski definition) is 2. The van der Waals surface area contributed by atoms with Crippen molar-refractivity contribution >= 4 is 0 Å². The summed E-state index contributed by atoms with van der Waals surface area (Å²) in [6.45, 7) is 6.00. The van der Waals surface area contributed by atoms with Gasteiger partial charge in [0.05, 0.1) is 0 Å². The van der Waals surface area contributed by atoms with Crippen LogP contribution in [0.4, 0.5) is 0 Å². The van der Waals surface area contributed by atoms with Gasteiger partial charge in [0.15, 0.2) is 0 Å². The fourth-order valence-corrected chi connectivity index (χ4v) is 4.14. The van der Waals surface area contributed by atoms with Crippen molar-refractivity contribution in [1.82, 2.24) is 10.2 Å². The maximum atomic E-state index is 3.80. The van der Waals surface area contributed by atoms with Crippen LogP contribution in [0.3, 0.4) is 0 Å². The quantitative estimate of drug-likeness (QED) is 0.905. The number of piperidine rings is 1. The minimum atomic E-state index is 0.663. The monoisotopic (exact) mass is 286 g/mol. The molecule has 2 nitrogen and oxygen atoms in total. The average Bonchev–Trinajstić information content (AvgIpc) is 2.54. The SMILES string of the molecule is CC1CC(NCc2ccccc2)CN(C2CCCCC2)C1. The maximum Gasteiger partial charge on any atom is 0.0208 e. The largest absolute Gasteiger partial charge is 0.309 e. The molecule has 1 aliphatic heterocycles. The van der Waals surface area contributed by atoms with Crippen molar-refractivity contribution in [2.24, 2.45) is 5.92 Å². The third kappa shape index (κ3) is 4.31. The number of likely N-dealkylation sites (tertiary alicyclic amines) is 1. The van der Waals surface area contributed by atoms with Gasteiger partial charge in [0.1, 0.15) is 0 Å². The van der Waals surface area contributed by atoms with E-state index in [1.807, 2.05) is 0 Å². The zero-order valence-corrected chi connectivity index (χ0v) is 13.4. The summed E-state index contributed by atoms with van der Waals surface area (Å²) in [6.07, 6.45) is 8.52. The molecule has 1 saturated carbocycles. The Bertz CT molecular complexity index is 411. The van der Waals surface area contributed by atoms with Gasteiger partial charge in [0.2, 0.25) is 0 Å². The molecule has 0 radical (unpaired) electrons. The van der Waals surface area contributed by atoms with E-state index in [0.717, 1.165) is 18.5 Å². The van der Waals surface area contributed by atoms with Crippen LogP contribution in [0.1, 0.15) is 51.0 Å². The Balaban J connectivity index is 1.53. The smallest absolute Gasteiger partial charge is 0.0208 e. The van der Waals surface area contributed by atoms with E-state index in [9.17, 15) is 0 Å². The van der Waals surface area contributed by atoms with Crippen molar-refractivity contribution in [3.05, 3.63) is 35.9 Å². The first kappa shape index (κ1) is 15.1. The van der Waals surface area contributed by atoms with Crippen molar-refractivity contribution in [1.29, 1.82) is 0 Å². The van der Waals surface area contributed by atoms with Crippen molar-refractivity contribution in [2.45, 2.75) is 64.1 Å². The number of rotatable bonds is 4. The topological polar surface area (TPSA) is 15.3 Å². The number of nitrogens with one attached hydrogen (secondary N) is 1. The van der Waals surface area contributed by atoms with E-state index < -0.39 is 0 Å². The maximum absolute atomic E-state index is 3.80. The molecule has 1 aromatic carbocycles. The number of benzene rings is 1. The highest BCUT2D eigenvalue weighted by Gasteiger charge is 2.29. The lowest BCUT2D eigenvalue weighted by Gasteiger charge is -2.42. The molecular weight excluding hydrogens is 256 g/mol. The summed E-state index contributed by atoms with van der Waals surface area (Å²) >= 11 is 0. The van der Waals surface area contributed by atoms with Gasteiger partial charge in [-0.15, -0.1) is 0 Å². The predicted octanol–water partition coefficient (Wildman–Crippen LogP) is 3.82. The van der Waals surface area contributed by atoms with Crippen molar-refractivity contribution < 1.29 is 0 Å². The molecule has 2 atom stereocenters. The second kappa shape index (κ2) is 7.42. The molecule has 2 aliphatic rings. The lowest BCUT2D eigenvalue weighted by molar-refractivity contribution is 0.0825. The Morgan fingerprint density at radius 2 is 1.81 bits per heavy atom. The van der Waals surface area contributed by atoms with E-state index in [2.05, 4.69) is 47.5 Å². The second-order valence-corrected chi connectivity index (χ2v) is 7.15. The highest BCUT2D eigenvalue weighted by molar-refractivity contribution is 5.14. The summed E-state index contributed by atoms with van der Waals surface area (Å²) in [5.41, 5.74) is 1.40. The van der Waals surface area contributed by atoms with E-state index in [4.69, 9.17) is 0 Å². The van der Waals surface area contributed by atoms with Gasteiger partial charge >= 0.3 is 0 Å². The van der Waals surface area contributed by atoms with Crippen molar-refractivity contribution in [3.63, 3.8) is 0 Å². The molecule has 1 N–H and O–H groups in total. The molecule has 1 aromatic rings. The van der Waals surface area contributed by atoms with Crippen LogP contribution < -0.4 is 5.32 Å². The van der Waals surface area contributed by atoms with Gasteiger partial charge in [0.25, 0.3) is 0 Å². The molecule has 1 heterocycles. The Kier molecular flexibility index (Phi) is 5.32. The summed E-state index contributed by atoms with van der Waals surface area (Å²) in [4.78, 5) is 2.79. The molecule has 21 heavy (non-hydrogen) atoms. The third-order valence-electron chi connectivity index (χ3n) is 5.22. The van der Waals surface area contributed by atoms with Crippen molar-refractivity contribution in [2.75, 3.05) is 13.1 Å². The zero-order chi connectivity index (χ0) is 14.5. The van der Waals surface area contributed by atoms with E-state index in [-0.39, 0.29) is 0 Å². The first-order chi connectivity index (χ1) is 10.3. The highest BCUT2D eigenvalue weighted by atomic mass is 15.2. The lowest BCUT2D eigenvalue weighted by atomic mass is 9.89. The van der Waals surface area contributed by atoms with Gasteiger partial charge < -0.3 is 5.32 Å². The lowest BCUT2D eigenvalue weighted by Crippen LogP contribution is -2.52. The van der Waals surface area contributed by atoms with Gasteiger partial charge in [-0.1, -0.05) is 56.5 Å². The molecular formula is C19H30N2. The summed E-state index contributed by atoms with van der Waals surface area (Å²) in [6, 6.07) is 12.3. The standard InChI is InChI=1S/C19H30N2/c1-16-12-18(20-13-17-8-4-2-5-9-17)15-21(14-16)19-10-6-3-7-11-19/h2,4-5,8-9,16,18-20H,3,6-7,10-15H2,1H3. The fraction of sp³-hybridized carbons (Fsp3) is 0.684. The van der Waals surface area contributed by atoms with Gasteiger partial charge in [-0.25, -0.2) is 0 Å². The molecule has 2 fully saturated rings. The Hall–Kier alpha value is -0.860. The third-order valence-corrected chi connectivity index (χ3v) is 5.22. The summed E-state index contributed by atoms with van der Waals surface area (Å²) in [7, 11) is 0. The van der Waals surface area contributed by atoms with Crippen LogP contribution in [-0.4, -0.2) is 30.1 Å². The Morgan fingerprint density at radius 3 is 2.57 bits per heavy atom. The van der Waals surface area contributed by atoms with Gasteiger partial charge in [0, 0.05) is 31.7 Å². The first-order valence-electron chi connectivity index (χ1n) is 8.82. The van der Waals surface area contributed by atoms with Crippen LogP contribution in [0, 0.1) is 5.92 Å². The second-order valence-electron chi connectivity index (χ2n) is 7.15. The fourth-order valence-electron chi connectivity index (χ4n) is 4.14. The Morgan fingerprint density at radius 1 is 1.05 bits per heavy atom. The summed E-state index contributed by atoms with van der Waals surface area (Å²) in [5, 5.41) is 3.80. The Labute approximate surface area is 129 Å². The van der Waals surface area contributed by atoms with E-state index in [1.165, 1.54) is 57.2 Å². The molecule has 116 valence electrons. The first-order valence-corrected chi connectivity index (χ1v) is 8.82. The van der Waals surface area contributed by atoms with Gasteiger partial charge in [-0.3, -0.25) is 4.90 Å². The van der Waals surface area contributed by atoms with Crippen molar-refractivity contribution in [3.8, 4) is 0 Å². The number of hydrogen-bond donors (Lipinski definition) is 1. The molecule has 0 spiro atoms. The zero-order valence-electron chi connectivity index (χ0n) is 13.4. The average molecular weight is 286 g/mol. The van der Waals surface area contributed by atoms with E-state index in [0.29, 0.717) is 6.04 Å². The summed E-state index contributed by atoms with van der Waals surface area (Å²) in [5.74, 6) is 0.828. The van der Waals surface area contributed by atoms with Gasteiger partial charge in [-0.05, 0) is 30.7 Å². The van der Waals surface area contributed by atoms with E-state index >= 15 is 0 Å². The molecule has 0 amide bonds. The molecule has 0 aromatic heterocycles. The minimum Gasteiger partial charge on any atom is -0.309 e.